The summed E-state index contributed by atoms with van der Waals surface area (Å²) in [4.78, 5) is 0. The van der Waals surface area contributed by atoms with Crippen LogP contribution >= 0.6 is 0 Å². The van der Waals surface area contributed by atoms with Crippen LogP contribution in [0.25, 0.3) is 11.1 Å². The molecule has 0 radical (unpaired) electrons. The average molecular weight is 186 g/mol. The first-order valence-electron chi connectivity index (χ1n) is 4.96. The van der Waals surface area contributed by atoms with Crippen LogP contribution in [0.5, 0.6) is 0 Å². The van der Waals surface area contributed by atoms with Gasteiger partial charge in [0.05, 0.1) is 0 Å². The molecule has 0 fully saturated rings. The van der Waals surface area contributed by atoms with Gasteiger partial charge < -0.3 is 4.42 Å². The molecule has 0 aliphatic carbocycles. The van der Waals surface area contributed by atoms with Crippen LogP contribution in [0.15, 0.2) is 40.8 Å². The summed E-state index contributed by atoms with van der Waals surface area (Å²) in [5.74, 6) is 2.06. The Labute approximate surface area is 84.4 Å². The van der Waals surface area contributed by atoms with Gasteiger partial charge in [0.1, 0.15) is 11.5 Å². The molecule has 1 nitrogen and oxygen atoms in total. The van der Waals surface area contributed by atoms with E-state index in [2.05, 4.69) is 25.1 Å². The number of rotatable bonds is 2. The van der Waals surface area contributed by atoms with Crippen LogP contribution in [0.1, 0.15) is 18.4 Å². The van der Waals surface area contributed by atoms with E-state index >= 15 is 0 Å². The van der Waals surface area contributed by atoms with Crippen LogP contribution < -0.4 is 0 Å². The topological polar surface area (TPSA) is 13.1 Å². The molecule has 2 aromatic rings. The van der Waals surface area contributed by atoms with E-state index in [0.717, 1.165) is 17.9 Å². The Balaban J connectivity index is 2.46. The summed E-state index contributed by atoms with van der Waals surface area (Å²) in [5.41, 5.74) is 2.44. The summed E-state index contributed by atoms with van der Waals surface area (Å²) in [6.45, 7) is 4.12. The third kappa shape index (κ3) is 1.58. The fourth-order valence-corrected chi connectivity index (χ4v) is 1.62. The first-order chi connectivity index (χ1) is 6.81. The molecule has 1 aromatic carbocycles. The molecule has 0 unspecified atom stereocenters. The Morgan fingerprint density at radius 2 is 1.86 bits per heavy atom. The molecule has 72 valence electrons. The minimum absolute atomic E-state index is 0.952. The monoisotopic (exact) mass is 186 g/mol. The van der Waals surface area contributed by atoms with E-state index in [1.165, 1.54) is 11.1 Å². The third-order valence-corrected chi connectivity index (χ3v) is 2.40. The van der Waals surface area contributed by atoms with Gasteiger partial charge in [-0.2, -0.15) is 0 Å². The summed E-state index contributed by atoms with van der Waals surface area (Å²) in [5, 5.41) is 0. The minimum atomic E-state index is 0.952. The molecule has 0 atom stereocenters. The molecule has 0 N–H and O–H groups in total. The van der Waals surface area contributed by atoms with E-state index in [1.54, 1.807) is 0 Å². The first-order valence-corrected chi connectivity index (χ1v) is 4.96. The van der Waals surface area contributed by atoms with E-state index in [0.29, 0.717) is 0 Å². The number of benzene rings is 1. The molecular weight excluding hydrogens is 172 g/mol. The molecule has 0 bridgehead atoms. The van der Waals surface area contributed by atoms with Gasteiger partial charge in [-0.3, -0.25) is 0 Å². The highest BCUT2D eigenvalue weighted by Gasteiger charge is 2.07. The highest BCUT2D eigenvalue weighted by Crippen LogP contribution is 2.26. The summed E-state index contributed by atoms with van der Waals surface area (Å²) < 4.78 is 5.62. The molecule has 0 saturated heterocycles. The molecule has 0 amide bonds. The fourth-order valence-electron chi connectivity index (χ4n) is 1.62. The molecule has 0 aliphatic heterocycles. The fraction of sp³-hybridized carbons (Fsp3) is 0.231. The number of hydrogen-bond donors (Lipinski definition) is 0. The maximum Gasteiger partial charge on any atom is 0.108 e. The predicted octanol–water partition coefficient (Wildman–Crippen LogP) is 3.82. The molecule has 1 heteroatoms. The van der Waals surface area contributed by atoms with Crippen molar-refractivity contribution >= 4 is 0 Å². The second kappa shape index (κ2) is 3.70. The predicted molar refractivity (Wildman–Crippen MR) is 58.3 cm³/mol. The standard InChI is InChI=1S/C13H14O/c1-3-12-9-13(10(2)14-12)11-7-5-4-6-8-11/h4-9H,3H2,1-2H3. The van der Waals surface area contributed by atoms with E-state index in [-0.39, 0.29) is 0 Å². The van der Waals surface area contributed by atoms with Crippen LogP contribution in [-0.2, 0) is 6.42 Å². The van der Waals surface area contributed by atoms with Crippen molar-refractivity contribution < 1.29 is 4.42 Å². The van der Waals surface area contributed by atoms with Gasteiger partial charge in [0.25, 0.3) is 0 Å². The van der Waals surface area contributed by atoms with Gasteiger partial charge in [0, 0.05) is 12.0 Å². The number of furan rings is 1. The average Bonchev–Trinajstić information content (AvgIpc) is 2.61. The Morgan fingerprint density at radius 1 is 1.14 bits per heavy atom. The lowest BCUT2D eigenvalue weighted by molar-refractivity contribution is 0.489. The van der Waals surface area contributed by atoms with Crippen LogP contribution in [-0.4, -0.2) is 0 Å². The SMILES string of the molecule is CCc1cc(-c2ccccc2)c(C)o1. The highest BCUT2D eigenvalue weighted by atomic mass is 16.3. The van der Waals surface area contributed by atoms with Crippen molar-refractivity contribution in [1.29, 1.82) is 0 Å². The third-order valence-electron chi connectivity index (χ3n) is 2.40. The normalized spacial score (nSPS) is 10.4. The quantitative estimate of drug-likeness (QED) is 0.695. The highest BCUT2D eigenvalue weighted by molar-refractivity contribution is 5.65. The lowest BCUT2D eigenvalue weighted by atomic mass is 10.1. The van der Waals surface area contributed by atoms with Crippen LogP contribution in [0.4, 0.5) is 0 Å². The largest absolute Gasteiger partial charge is 0.466 e. The number of hydrogen-bond acceptors (Lipinski definition) is 1. The molecule has 1 aromatic heterocycles. The smallest absolute Gasteiger partial charge is 0.108 e. The molecule has 0 saturated carbocycles. The van der Waals surface area contributed by atoms with Crippen LogP contribution in [0.2, 0.25) is 0 Å². The van der Waals surface area contributed by atoms with Crippen LogP contribution in [0.3, 0.4) is 0 Å². The van der Waals surface area contributed by atoms with Crippen molar-refractivity contribution in [2.24, 2.45) is 0 Å². The summed E-state index contributed by atoms with van der Waals surface area (Å²) in [6, 6.07) is 12.5. The lowest BCUT2D eigenvalue weighted by Crippen LogP contribution is -1.74. The van der Waals surface area contributed by atoms with Gasteiger partial charge in [-0.05, 0) is 18.6 Å². The summed E-state index contributed by atoms with van der Waals surface area (Å²) in [6.07, 6.45) is 0.952. The number of aryl methyl sites for hydroxylation is 2. The summed E-state index contributed by atoms with van der Waals surface area (Å²) in [7, 11) is 0. The maximum absolute atomic E-state index is 5.62. The van der Waals surface area contributed by atoms with Crippen molar-refractivity contribution in [3.05, 3.63) is 47.9 Å². The Bertz CT molecular complexity index is 412. The van der Waals surface area contributed by atoms with Crippen molar-refractivity contribution in [2.75, 3.05) is 0 Å². The first kappa shape index (κ1) is 9.07. The second-order valence-corrected chi connectivity index (χ2v) is 3.40. The molecule has 0 aliphatic rings. The second-order valence-electron chi connectivity index (χ2n) is 3.40. The van der Waals surface area contributed by atoms with Gasteiger partial charge in [0.2, 0.25) is 0 Å². The van der Waals surface area contributed by atoms with Crippen molar-refractivity contribution in [3.8, 4) is 11.1 Å². The zero-order valence-corrected chi connectivity index (χ0v) is 8.58. The van der Waals surface area contributed by atoms with E-state index in [1.807, 2.05) is 25.1 Å². The lowest BCUT2D eigenvalue weighted by Gasteiger charge is -1.96. The Kier molecular flexibility index (Phi) is 2.40. The Morgan fingerprint density at radius 3 is 2.43 bits per heavy atom. The van der Waals surface area contributed by atoms with Gasteiger partial charge in [0.15, 0.2) is 0 Å². The maximum atomic E-state index is 5.62. The van der Waals surface area contributed by atoms with Crippen molar-refractivity contribution in [1.82, 2.24) is 0 Å². The van der Waals surface area contributed by atoms with E-state index in [4.69, 9.17) is 4.42 Å². The molecule has 2 rings (SSSR count). The van der Waals surface area contributed by atoms with E-state index < -0.39 is 0 Å². The van der Waals surface area contributed by atoms with Crippen LogP contribution in [0, 0.1) is 6.92 Å². The molecule has 14 heavy (non-hydrogen) atoms. The summed E-state index contributed by atoms with van der Waals surface area (Å²) >= 11 is 0. The van der Waals surface area contributed by atoms with Gasteiger partial charge >= 0.3 is 0 Å². The minimum Gasteiger partial charge on any atom is -0.466 e. The zero-order valence-electron chi connectivity index (χ0n) is 8.58. The van der Waals surface area contributed by atoms with Crippen molar-refractivity contribution in [2.45, 2.75) is 20.3 Å². The van der Waals surface area contributed by atoms with Gasteiger partial charge in [-0.1, -0.05) is 37.3 Å². The molecular formula is C13H14O. The van der Waals surface area contributed by atoms with Crippen molar-refractivity contribution in [3.63, 3.8) is 0 Å². The zero-order chi connectivity index (χ0) is 9.97. The van der Waals surface area contributed by atoms with Gasteiger partial charge in [-0.15, -0.1) is 0 Å². The molecule has 0 spiro atoms. The van der Waals surface area contributed by atoms with E-state index in [9.17, 15) is 0 Å². The van der Waals surface area contributed by atoms with Gasteiger partial charge in [-0.25, -0.2) is 0 Å². The Hall–Kier alpha value is -1.50. The molecule has 1 heterocycles.